The molecule has 1 aromatic heterocycles. The van der Waals surface area contributed by atoms with E-state index in [9.17, 15) is 8.78 Å². The second-order valence-corrected chi connectivity index (χ2v) is 6.16. The molecule has 0 fully saturated rings. The predicted octanol–water partition coefficient (Wildman–Crippen LogP) is 2.96. The fourth-order valence-electron chi connectivity index (χ4n) is 2.65. The van der Waals surface area contributed by atoms with Gasteiger partial charge in [0.1, 0.15) is 11.6 Å². The lowest BCUT2D eigenvalue weighted by Crippen LogP contribution is -2.38. The Morgan fingerprint density at radius 2 is 1.89 bits per heavy atom. The zero-order chi connectivity index (χ0) is 19.8. The zero-order valence-electron chi connectivity index (χ0n) is 16.0. The lowest BCUT2D eigenvalue weighted by Gasteiger charge is -2.23. The van der Waals surface area contributed by atoms with Gasteiger partial charge in [-0.15, -0.1) is 0 Å². The predicted molar refractivity (Wildman–Crippen MR) is 103 cm³/mol. The maximum absolute atomic E-state index is 12.2. The average Bonchev–Trinajstić information content (AvgIpc) is 2.63. The van der Waals surface area contributed by atoms with Crippen LogP contribution in [-0.2, 0) is 13.1 Å². The van der Waals surface area contributed by atoms with E-state index in [2.05, 4.69) is 20.0 Å². The quantitative estimate of drug-likeness (QED) is 0.594. The first-order chi connectivity index (χ1) is 12.9. The van der Waals surface area contributed by atoms with E-state index in [0.717, 1.165) is 22.9 Å². The van der Waals surface area contributed by atoms with Crippen molar-refractivity contribution in [1.29, 1.82) is 0 Å². The van der Waals surface area contributed by atoms with Crippen LogP contribution in [0.3, 0.4) is 0 Å². The number of aromatic nitrogens is 1. The van der Waals surface area contributed by atoms with Crippen molar-refractivity contribution in [2.24, 2.45) is 4.99 Å². The van der Waals surface area contributed by atoms with Crippen molar-refractivity contribution in [3.63, 3.8) is 0 Å². The monoisotopic (exact) mass is 377 g/mol. The summed E-state index contributed by atoms with van der Waals surface area (Å²) in [5.74, 6) is 1.76. The van der Waals surface area contributed by atoms with Crippen LogP contribution in [0.4, 0.5) is 14.6 Å². The maximum Gasteiger partial charge on any atom is 0.387 e. The highest BCUT2D eigenvalue weighted by Crippen LogP contribution is 2.16. The molecule has 8 heteroatoms. The smallest absolute Gasteiger partial charge is 0.387 e. The summed E-state index contributed by atoms with van der Waals surface area (Å²) < 4.78 is 28.8. The molecule has 0 bridgehead atoms. The van der Waals surface area contributed by atoms with Crippen LogP contribution in [0.25, 0.3) is 0 Å². The molecule has 0 amide bonds. The Morgan fingerprint density at radius 3 is 2.48 bits per heavy atom. The van der Waals surface area contributed by atoms with Crippen molar-refractivity contribution in [2.45, 2.75) is 19.7 Å². The molecule has 1 heterocycles. The van der Waals surface area contributed by atoms with Gasteiger partial charge in [0.2, 0.25) is 0 Å². The molecule has 0 atom stereocenters. The molecule has 1 N–H and O–H groups in total. The maximum atomic E-state index is 12.2. The molecule has 2 aromatic rings. The van der Waals surface area contributed by atoms with E-state index in [-0.39, 0.29) is 5.75 Å². The van der Waals surface area contributed by atoms with Gasteiger partial charge in [-0.1, -0.05) is 18.2 Å². The van der Waals surface area contributed by atoms with Crippen LogP contribution >= 0.6 is 0 Å². The minimum absolute atomic E-state index is 0.145. The number of hydrogen-bond acceptors (Lipinski definition) is 4. The number of pyridine rings is 1. The molecule has 0 saturated heterocycles. The van der Waals surface area contributed by atoms with Gasteiger partial charge in [-0.05, 0) is 23.8 Å². The van der Waals surface area contributed by atoms with Crippen LogP contribution in [0.1, 0.15) is 11.1 Å². The molecule has 27 heavy (non-hydrogen) atoms. The number of alkyl halides is 2. The summed E-state index contributed by atoms with van der Waals surface area (Å²) in [6.07, 6.45) is 1.77. The van der Waals surface area contributed by atoms with E-state index in [1.54, 1.807) is 25.4 Å². The number of guanidine groups is 1. The van der Waals surface area contributed by atoms with Gasteiger partial charge in [0.15, 0.2) is 5.96 Å². The molecule has 6 nitrogen and oxygen atoms in total. The van der Waals surface area contributed by atoms with Crippen molar-refractivity contribution < 1.29 is 13.5 Å². The summed E-state index contributed by atoms with van der Waals surface area (Å²) in [5, 5.41) is 3.32. The van der Waals surface area contributed by atoms with E-state index in [1.807, 2.05) is 43.1 Å². The lowest BCUT2D eigenvalue weighted by atomic mass is 10.2. The highest BCUT2D eigenvalue weighted by molar-refractivity contribution is 5.79. The van der Waals surface area contributed by atoms with E-state index < -0.39 is 6.61 Å². The first-order valence-electron chi connectivity index (χ1n) is 8.47. The number of benzene rings is 1. The van der Waals surface area contributed by atoms with Crippen LogP contribution in [0, 0.1) is 0 Å². The van der Waals surface area contributed by atoms with Gasteiger partial charge < -0.3 is 19.9 Å². The Morgan fingerprint density at radius 1 is 1.19 bits per heavy atom. The van der Waals surface area contributed by atoms with Gasteiger partial charge in [0.05, 0.1) is 0 Å². The fraction of sp³-hybridized carbons (Fsp3) is 0.368. The van der Waals surface area contributed by atoms with Crippen LogP contribution < -0.4 is 15.0 Å². The molecule has 0 unspecified atom stereocenters. The molecule has 0 radical (unpaired) electrons. The molecule has 2 rings (SSSR count). The Labute approximate surface area is 158 Å². The summed E-state index contributed by atoms with van der Waals surface area (Å²) in [6, 6.07) is 10.5. The topological polar surface area (TPSA) is 53.0 Å². The van der Waals surface area contributed by atoms with Crippen molar-refractivity contribution >= 4 is 11.8 Å². The molecule has 0 aliphatic heterocycles. The van der Waals surface area contributed by atoms with Gasteiger partial charge in [-0.2, -0.15) is 8.78 Å². The van der Waals surface area contributed by atoms with Gasteiger partial charge in [0.25, 0.3) is 0 Å². The molecule has 146 valence electrons. The third kappa shape index (κ3) is 6.09. The number of aliphatic imine (C=N–C) groups is 1. The normalized spacial score (nSPS) is 11.4. The lowest BCUT2D eigenvalue weighted by molar-refractivity contribution is -0.0498. The number of rotatable bonds is 7. The number of ether oxygens (including phenoxy) is 1. The second-order valence-electron chi connectivity index (χ2n) is 6.16. The summed E-state index contributed by atoms with van der Waals surface area (Å²) >= 11 is 0. The molecule has 1 aromatic carbocycles. The third-order valence-electron chi connectivity index (χ3n) is 3.87. The zero-order valence-corrected chi connectivity index (χ0v) is 16.0. The minimum Gasteiger partial charge on any atom is -0.435 e. The van der Waals surface area contributed by atoms with Crippen LogP contribution in [-0.4, -0.2) is 50.6 Å². The number of halogens is 2. The molecule has 0 aliphatic rings. The number of hydrogen-bond donors (Lipinski definition) is 1. The highest BCUT2D eigenvalue weighted by Gasteiger charge is 2.10. The van der Waals surface area contributed by atoms with Crippen molar-refractivity contribution in [3.8, 4) is 5.75 Å². The molecular weight excluding hydrogens is 352 g/mol. The van der Waals surface area contributed by atoms with Crippen LogP contribution in [0.2, 0.25) is 0 Å². The number of nitrogens with one attached hydrogen (secondary N) is 1. The SMILES string of the molecule is CN=C(NCc1cccnc1N(C)C)N(C)Cc1ccc(OC(F)F)cc1. The summed E-state index contributed by atoms with van der Waals surface area (Å²) in [5.41, 5.74) is 2.02. The number of nitrogens with zero attached hydrogens (tertiary/aromatic N) is 4. The minimum atomic E-state index is -2.82. The number of anilines is 1. The fourth-order valence-corrected chi connectivity index (χ4v) is 2.65. The molecule has 0 spiro atoms. The first kappa shape index (κ1) is 20.4. The summed E-state index contributed by atoms with van der Waals surface area (Å²) in [7, 11) is 7.53. The molecule has 0 saturated carbocycles. The van der Waals surface area contributed by atoms with E-state index in [0.29, 0.717) is 13.1 Å². The van der Waals surface area contributed by atoms with Gasteiger partial charge >= 0.3 is 6.61 Å². The Balaban J connectivity index is 1.97. The van der Waals surface area contributed by atoms with Crippen LogP contribution in [0.15, 0.2) is 47.6 Å². The third-order valence-corrected chi connectivity index (χ3v) is 3.87. The Bertz CT molecular complexity index is 750. The van der Waals surface area contributed by atoms with E-state index in [4.69, 9.17) is 0 Å². The highest BCUT2D eigenvalue weighted by atomic mass is 19.3. The summed E-state index contributed by atoms with van der Waals surface area (Å²) in [4.78, 5) is 12.6. The molecule has 0 aliphatic carbocycles. The van der Waals surface area contributed by atoms with Gasteiger partial charge in [-0.3, -0.25) is 4.99 Å². The Kier molecular flexibility index (Phi) is 7.34. The van der Waals surface area contributed by atoms with Crippen LogP contribution in [0.5, 0.6) is 5.75 Å². The van der Waals surface area contributed by atoms with Crippen molar-refractivity contribution in [3.05, 3.63) is 53.7 Å². The largest absolute Gasteiger partial charge is 0.435 e. The van der Waals surface area contributed by atoms with Crippen molar-refractivity contribution in [1.82, 2.24) is 15.2 Å². The van der Waals surface area contributed by atoms with Crippen molar-refractivity contribution in [2.75, 3.05) is 33.1 Å². The second kappa shape index (κ2) is 9.70. The van der Waals surface area contributed by atoms with Gasteiger partial charge in [-0.25, -0.2) is 4.98 Å². The molecular formula is C19H25F2N5O. The Hall–Kier alpha value is -2.90. The van der Waals surface area contributed by atoms with E-state index >= 15 is 0 Å². The summed E-state index contributed by atoms with van der Waals surface area (Å²) in [6.45, 7) is -1.66. The van der Waals surface area contributed by atoms with E-state index in [1.165, 1.54) is 12.1 Å². The van der Waals surface area contributed by atoms with Gasteiger partial charge in [0, 0.05) is 53.0 Å². The first-order valence-corrected chi connectivity index (χ1v) is 8.47. The standard InChI is InChI=1S/C19H25F2N5O/c1-22-19(24-12-15-6-5-11-23-17(15)25(2)3)26(4)13-14-7-9-16(10-8-14)27-18(20)21/h5-11,18H,12-13H2,1-4H3,(H,22,24). The average molecular weight is 377 g/mol.